The van der Waals surface area contributed by atoms with Crippen molar-refractivity contribution in [2.45, 2.75) is 18.4 Å². The molecule has 2 atom stereocenters. The van der Waals surface area contributed by atoms with E-state index >= 15 is 0 Å². The van der Waals surface area contributed by atoms with Gasteiger partial charge >= 0.3 is 0 Å². The molecule has 0 spiro atoms. The summed E-state index contributed by atoms with van der Waals surface area (Å²) in [7, 11) is 0. The number of nitrogens with zero attached hydrogens (tertiary/aromatic N) is 2. The summed E-state index contributed by atoms with van der Waals surface area (Å²) >= 11 is 0. The average Bonchev–Trinajstić information content (AvgIpc) is 3.26. The van der Waals surface area contributed by atoms with Gasteiger partial charge in [0, 0.05) is 24.3 Å². The van der Waals surface area contributed by atoms with Gasteiger partial charge in [0.05, 0.1) is 11.0 Å². The van der Waals surface area contributed by atoms with E-state index in [1.165, 1.54) is 17.7 Å². The first-order valence-corrected chi connectivity index (χ1v) is 6.56. The van der Waals surface area contributed by atoms with Crippen molar-refractivity contribution in [1.82, 2.24) is 0 Å². The summed E-state index contributed by atoms with van der Waals surface area (Å²) in [5.41, 5.74) is 2.34. The zero-order valence-corrected chi connectivity index (χ0v) is 10.8. The van der Waals surface area contributed by atoms with Gasteiger partial charge in [-0.15, -0.1) is 0 Å². The summed E-state index contributed by atoms with van der Waals surface area (Å²) in [6.07, 6.45) is 2.88. The summed E-state index contributed by atoms with van der Waals surface area (Å²) in [5, 5.41) is 10.6. The minimum atomic E-state index is -0.396. The molecule has 2 aromatic carbocycles. The lowest BCUT2D eigenvalue weighted by Gasteiger charge is -1.96. The van der Waals surface area contributed by atoms with Gasteiger partial charge < -0.3 is 0 Å². The Balaban J connectivity index is 1.63. The van der Waals surface area contributed by atoms with Gasteiger partial charge in [-0.05, 0) is 29.7 Å². The maximum Gasteiger partial charge on any atom is 0.269 e. The van der Waals surface area contributed by atoms with E-state index in [1.807, 2.05) is 18.2 Å². The van der Waals surface area contributed by atoms with Crippen molar-refractivity contribution in [2.24, 2.45) is 4.99 Å². The summed E-state index contributed by atoms with van der Waals surface area (Å²) in [6.45, 7) is 0. The average molecular weight is 266 g/mol. The van der Waals surface area contributed by atoms with Crippen LogP contribution in [0.1, 0.15) is 23.5 Å². The molecule has 20 heavy (non-hydrogen) atoms. The van der Waals surface area contributed by atoms with Crippen LogP contribution in [-0.4, -0.2) is 17.2 Å². The zero-order chi connectivity index (χ0) is 13.9. The van der Waals surface area contributed by atoms with Crippen LogP contribution in [0.3, 0.4) is 0 Å². The largest absolute Gasteiger partial charge is 0.289 e. The van der Waals surface area contributed by atoms with E-state index in [-0.39, 0.29) is 5.69 Å². The fourth-order valence-electron chi connectivity index (χ4n) is 2.27. The van der Waals surface area contributed by atoms with Crippen LogP contribution < -0.4 is 0 Å². The molecule has 0 unspecified atom stereocenters. The van der Waals surface area contributed by atoms with Crippen LogP contribution in [0, 0.1) is 10.1 Å². The maximum atomic E-state index is 10.6. The Morgan fingerprint density at radius 3 is 2.45 bits per heavy atom. The van der Waals surface area contributed by atoms with E-state index in [9.17, 15) is 10.1 Å². The van der Waals surface area contributed by atoms with Gasteiger partial charge in [0.25, 0.3) is 5.69 Å². The van der Waals surface area contributed by atoms with Crippen LogP contribution in [0.15, 0.2) is 59.6 Å². The molecule has 1 aliphatic rings. The van der Waals surface area contributed by atoms with Gasteiger partial charge in [-0.1, -0.05) is 30.3 Å². The van der Waals surface area contributed by atoms with Crippen LogP contribution in [0.4, 0.5) is 5.69 Å². The molecule has 0 saturated heterocycles. The Bertz CT molecular complexity index is 635. The van der Waals surface area contributed by atoms with Crippen molar-refractivity contribution < 1.29 is 4.92 Å². The number of benzene rings is 2. The van der Waals surface area contributed by atoms with Crippen molar-refractivity contribution in [1.29, 1.82) is 0 Å². The Morgan fingerprint density at radius 1 is 1.10 bits per heavy atom. The summed E-state index contributed by atoms with van der Waals surface area (Å²) in [6, 6.07) is 17.2. The third-order valence-corrected chi connectivity index (χ3v) is 3.50. The molecule has 2 aromatic rings. The topological polar surface area (TPSA) is 55.5 Å². The first kappa shape index (κ1) is 12.5. The molecule has 0 N–H and O–H groups in total. The summed E-state index contributed by atoms with van der Waals surface area (Å²) in [5.74, 6) is 0.519. The predicted molar refractivity (Wildman–Crippen MR) is 78.3 cm³/mol. The number of nitro benzene ring substituents is 1. The molecule has 4 heteroatoms. The second-order valence-electron chi connectivity index (χ2n) is 4.95. The van der Waals surface area contributed by atoms with E-state index in [0.717, 1.165) is 12.0 Å². The maximum absolute atomic E-state index is 10.6. The van der Waals surface area contributed by atoms with Gasteiger partial charge in [0.2, 0.25) is 0 Å². The number of nitro groups is 1. The highest BCUT2D eigenvalue weighted by Crippen LogP contribution is 2.43. The molecular weight excluding hydrogens is 252 g/mol. The van der Waals surface area contributed by atoms with E-state index in [2.05, 4.69) is 17.1 Å². The Morgan fingerprint density at radius 2 is 1.80 bits per heavy atom. The van der Waals surface area contributed by atoms with Crippen molar-refractivity contribution in [2.75, 3.05) is 0 Å². The molecule has 0 amide bonds. The van der Waals surface area contributed by atoms with E-state index in [1.54, 1.807) is 18.3 Å². The fraction of sp³-hybridized carbons (Fsp3) is 0.188. The van der Waals surface area contributed by atoms with Gasteiger partial charge in [-0.25, -0.2) is 0 Å². The molecule has 3 rings (SSSR count). The molecular formula is C16H14N2O2. The lowest BCUT2D eigenvalue weighted by molar-refractivity contribution is -0.384. The molecule has 1 aliphatic carbocycles. The van der Waals surface area contributed by atoms with Crippen LogP contribution in [-0.2, 0) is 0 Å². The molecule has 0 heterocycles. The van der Waals surface area contributed by atoms with Crippen molar-refractivity contribution in [3.05, 3.63) is 75.8 Å². The third-order valence-electron chi connectivity index (χ3n) is 3.50. The number of hydrogen-bond acceptors (Lipinski definition) is 3. The molecule has 0 bridgehead atoms. The van der Waals surface area contributed by atoms with E-state index < -0.39 is 4.92 Å². The fourth-order valence-corrected chi connectivity index (χ4v) is 2.27. The first-order valence-electron chi connectivity index (χ1n) is 6.56. The number of aliphatic imine (C=N–C) groups is 1. The Kier molecular flexibility index (Phi) is 3.29. The molecule has 0 radical (unpaired) electrons. The molecule has 0 aromatic heterocycles. The second kappa shape index (κ2) is 5.25. The molecule has 1 saturated carbocycles. The van der Waals surface area contributed by atoms with Crippen LogP contribution in [0.2, 0.25) is 0 Å². The van der Waals surface area contributed by atoms with Crippen molar-refractivity contribution in [3.63, 3.8) is 0 Å². The number of rotatable bonds is 4. The van der Waals surface area contributed by atoms with Gasteiger partial charge in [-0.2, -0.15) is 0 Å². The first-order chi connectivity index (χ1) is 9.74. The van der Waals surface area contributed by atoms with Gasteiger partial charge in [0.15, 0.2) is 0 Å². The minimum Gasteiger partial charge on any atom is -0.289 e. The summed E-state index contributed by atoms with van der Waals surface area (Å²) < 4.78 is 0. The highest BCUT2D eigenvalue weighted by atomic mass is 16.6. The smallest absolute Gasteiger partial charge is 0.269 e. The standard InChI is InChI=1S/C16H14N2O2/c19-18(20)14-8-6-12(7-9-14)11-17-16-10-15(16)13-4-2-1-3-5-13/h1-9,11,15-16H,10H2/t15-,16+/m1/s1. The zero-order valence-electron chi connectivity index (χ0n) is 10.8. The molecule has 4 nitrogen and oxygen atoms in total. The van der Waals surface area contributed by atoms with Crippen LogP contribution >= 0.6 is 0 Å². The Labute approximate surface area is 116 Å². The van der Waals surface area contributed by atoms with Crippen LogP contribution in [0.5, 0.6) is 0 Å². The predicted octanol–water partition coefficient (Wildman–Crippen LogP) is 3.57. The normalized spacial score (nSPS) is 21.0. The van der Waals surface area contributed by atoms with Gasteiger partial charge in [-0.3, -0.25) is 15.1 Å². The highest BCUT2D eigenvalue weighted by molar-refractivity contribution is 5.80. The van der Waals surface area contributed by atoms with E-state index in [4.69, 9.17) is 0 Å². The summed E-state index contributed by atoms with van der Waals surface area (Å²) in [4.78, 5) is 14.7. The molecule has 1 fully saturated rings. The Hall–Kier alpha value is -2.49. The lowest BCUT2D eigenvalue weighted by Crippen LogP contribution is -1.90. The second-order valence-corrected chi connectivity index (χ2v) is 4.95. The highest BCUT2D eigenvalue weighted by Gasteiger charge is 2.37. The molecule has 0 aliphatic heterocycles. The number of hydrogen-bond donors (Lipinski definition) is 0. The van der Waals surface area contributed by atoms with Gasteiger partial charge in [0.1, 0.15) is 0 Å². The number of non-ortho nitro benzene ring substituents is 1. The minimum absolute atomic E-state index is 0.107. The van der Waals surface area contributed by atoms with Crippen LogP contribution in [0.25, 0.3) is 0 Å². The van der Waals surface area contributed by atoms with E-state index in [0.29, 0.717) is 12.0 Å². The SMILES string of the molecule is O=[N+]([O-])c1ccc(C=N[C@H]2C[C@@H]2c2ccccc2)cc1. The van der Waals surface area contributed by atoms with Crippen molar-refractivity contribution in [3.8, 4) is 0 Å². The molecule has 100 valence electrons. The lowest BCUT2D eigenvalue weighted by atomic mass is 10.1. The quantitative estimate of drug-likeness (QED) is 0.482. The van der Waals surface area contributed by atoms with Crippen molar-refractivity contribution >= 4 is 11.9 Å². The third kappa shape index (κ3) is 2.74. The monoisotopic (exact) mass is 266 g/mol.